The van der Waals surface area contributed by atoms with Crippen LogP contribution in [-0.2, 0) is 4.79 Å². The van der Waals surface area contributed by atoms with Gasteiger partial charge in [0.2, 0.25) is 0 Å². The van der Waals surface area contributed by atoms with Gasteiger partial charge in [0, 0.05) is 5.92 Å². The summed E-state index contributed by atoms with van der Waals surface area (Å²) in [6.45, 7) is 7.94. The molecule has 7 atom stereocenters. The van der Waals surface area contributed by atoms with E-state index in [0.29, 0.717) is 23.7 Å². The van der Waals surface area contributed by atoms with Gasteiger partial charge in [-0.3, -0.25) is 9.69 Å². The summed E-state index contributed by atoms with van der Waals surface area (Å²) in [6.07, 6.45) is 15.4. The molecule has 162 valence electrons. The summed E-state index contributed by atoms with van der Waals surface area (Å²) in [6, 6.07) is 0. The maximum absolute atomic E-state index is 13.4. The van der Waals surface area contributed by atoms with Gasteiger partial charge in [0.15, 0.2) is 0 Å². The number of aliphatic hydroxyl groups excluding tert-OH is 1. The van der Waals surface area contributed by atoms with E-state index in [2.05, 4.69) is 24.8 Å². The van der Waals surface area contributed by atoms with E-state index >= 15 is 0 Å². The molecule has 0 radical (unpaired) electrons. The van der Waals surface area contributed by atoms with Crippen LogP contribution in [0.5, 0.6) is 0 Å². The second-order valence-corrected chi connectivity index (χ2v) is 11.6. The van der Waals surface area contributed by atoms with Crippen LogP contribution >= 0.6 is 0 Å². The summed E-state index contributed by atoms with van der Waals surface area (Å²) in [4.78, 5) is 15.8. The van der Waals surface area contributed by atoms with E-state index in [1.165, 1.54) is 44.9 Å². The van der Waals surface area contributed by atoms with E-state index in [1.807, 2.05) is 0 Å². The highest BCUT2D eigenvalue weighted by Gasteiger charge is 2.59. The van der Waals surface area contributed by atoms with E-state index in [-0.39, 0.29) is 11.5 Å². The second-order valence-electron chi connectivity index (χ2n) is 11.6. The van der Waals surface area contributed by atoms with Gasteiger partial charge in [0.1, 0.15) is 5.78 Å². The van der Waals surface area contributed by atoms with Gasteiger partial charge < -0.3 is 5.11 Å². The lowest BCUT2D eigenvalue weighted by atomic mass is 9.47. The van der Waals surface area contributed by atoms with Gasteiger partial charge >= 0.3 is 0 Å². The number of hydrogen-bond donors (Lipinski definition) is 1. The third kappa shape index (κ3) is 3.26. The van der Waals surface area contributed by atoms with Crippen molar-refractivity contribution in [2.45, 2.75) is 90.6 Å². The number of allylic oxidation sites excluding steroid dienone is 1. The molecule has 0 aromatic heterocycles. The first-order valence-electron chi connectivity index (χ1n) is 12.5. The van der Waals surface area contributed by atoms with Gasteiger partial charge in [-0.05, 0) is 106 Å². The van der Waals surface area contributed by atoms with Crippen molar-refractivity contribution in [1.29, 1.82) is 0 Å². The normalized spacial score (nSPS) is 47.7. The first-order valence-corrected chi connectivity index (χ1v) is 12.5. The molecule has 1 N–H and O–H groups in total. The van der Waals surface area contributed by atoms with Crippen LogP contribution in [0, 0.1) is 34.5 Å². The summed E-state index contributed by atoms with van der Waals surface area (Å²) < 4.78 is 0. The van der Waals surface area contributed by atoms with Crippen molar-refractivity contribution in [1.82, 2.24) is 4.90 Å². The number of carbonyl (C=O) groups excluding carboxylic acids is 1. The van der Waals surface area contributed by atoms with Crippen LogP contribution in [-0.4, -0.2) is 41.5 Å². The van der Waals surface area contributed by atoms with Crippen LogP contribution in [0.1, 0.15) is 84.5 Å². The van der Waals surface area contributed by atoms with Crippen LogP contribution in [0.25, 0.3) is 0 Å². The summed E-state index contributed by atoms with van der Waals surface area (Å²) in [7, 11) is 0. The van der Waals surface area contributed by atoms with Crippen molar-refractivity contribution in [2.24, 2.45) is 34.5 Å². The molecule has 29 heavy (non-hydrogen) atoms. The monoisotopic (exact) mass is 399 g/mol. The van der Waals surface area contributed by atoms with E-state index in [4.69, 9.17) is 0 Å². The average molecular weight is 400 g/mol. The van der Waals surface area contributed by atoms with Gasteiger partial charge in [-0.15, -0.1) is 0 Å². The van der Waals surface area contributed by atoms with Gasteiger partial charge in [-0.2, -0.15) is 0 Å². The quantitative estimate of drug-likeness (QED) is 0.680. The predicted molar refractivity (Wildman–Crippen MR) is 116 cm³/mol. The number of Topliss-reactive ketones (excluding diaryl/α,β-unsaturated/α-hetero) is 1. The Morgan fingerprint density at radius 1 is 1.07 bits per heavy atom. The zero-order valence-electron chi connectivity index (χ0n) is 18.7. The molecule has 3 saturated carbocycles. The largest absolute Gasteiger partial charge is 0.393 e. The van der Waals surface area contributed by atoms with Gasteiger partial charge in [-0.1, -0.05) is 31.9 Å². The van der Waals surface area contributed by atoms with E-state index in [0.717, 1.165) is 56.5 Å². The molecule has 5 aliphatic rings. The molecule has 4 fully saturated rings. The topological polar surface area (TPSA) is 40.5 Å². The molecule has 1 saturated heterocycles. The minimum absolute atomic E-state index is 0.122. The fourth-order valence-corrected chi connectivity index (χ4v) is 8.62. The van der Waals surface area contributed by atoms with Crippen molar-refractivity contribution in [3.63, 3.8) is 0 Å². The molecule has 0 spiro atoms. The standard InChI is InChI=1S/C26H41NO2/c1-25-12-10-19(28)16-18(25)6-7-20-21-8-9-23(26(21,2)13-11-22(20)25)24(29)17-27-14-4-3-5-15-27/h6,19-23,28H,3-5,7-17H2,1-2H3/t19-,20+,21-,22+,23+,25-,26-/m0/s1. The molecule has 0 aromatic rings. The van der Waals surface area contributed by atoms with Crippen LogP contribution in [0.3, 0.4) is 0 Å². The second kappa shape index (κ2) is 7.48. The van der Waals surface area contributed by atoms with Gasteiger partial charge in [0.25, 0.3) is 0 Å². The van der Waals surface area contributed by atoms with Crippen LogP contribution in [0.4, 0.5) is 0 Å². The summed E-state index contributed by atoms with van der Waals surface area (Å²) >= 11 is 0. The third-order valence-electron chi connectivity index (χ3n) is 10.3. The van der Waals surface area contributed by atoms with Gasteiger partial charge in [0.05, 0.1) is 12.6 Å². The predicted octanol–water partition coefficient (Wildman–Crippen LogP) is 4.98. The fraction of sp³-hybridized carbons (Fsp3) is 0.885. The maximum atomic E-state index is 13.4. The van der Waals surface area contributed by atoms with Gasteiger partial charge in [-0.25, -0.2) is 0 Å². The first kappa shape index (κ1) is 20.2. The number of nitrogens with zero attached hydrogens (tertiary/aromatic N) is 1. The Bertz CT molecular complexity index is 680. The van der Waals surface area contributed by atoms with E-state index < -0.39 is 0 Å². The summed E-state index contributed by atoms with van der Waals surface area (Å²) in [5.74, 6) is 3.09. The number of fused-ring (bicyclic) bond motifs is 5. The third-order valence-corrected chi connectivity index (χ3v) is 10.3. The molecule has 5 rings (SSSR count). The SMILES string of the molecule is C[C@]12CC[C@@H]3[C@H](CC=C4C[C@@H](O)CC[C@@]43C)[C@@H]1CC[C@@H]2C(=O)CN1CCCCC1. The lowest BCUT2D eigenvalue weighted by Gasteiger charge is -2.58. The Hall–Kier alpha value is -0.670. The van der Waals surface area contributed by atoms with Crippen molar-refractivity contribution < 1.29 is 9.90 Å². The molecular formula is C26H41NO2. The lowest BCUT2D eigenvalue weighted by molar-refractivity contribution is -0.131. The molecule has 0 bridgehead atoms. The number of hydrogen-bond acceptors (Lipinski definition) is 3. The highest BCUT2D eigenvalue weighted by molar-refractivity contribution is 5.84. The van der Waals surface area contributed by atoms with Crippen LogP contribution in [0.2, 0.25) is 0 Å². The number of rotatable bonds is 3. The number of ketones is 1. The molecular weight excluding hydrogens is 358 g/mol. The van der Waals surface area contributed by atoms with Crippen molar-refractivity contribution in [2.75, 3.05) is 19.6 Å². The number of piperidine rings is 1. The smallest absolute Gasteiger partial charge is 0.150 e. The molecule has 1 heterocycles. The number of carbonyl (C=O) groups is 1. The molecule has 1 aliphatic heterocycles. The van der Waals surface area contributed by atoms with E-state index in [9.17, 15) is 9.90 Å². The van der Waals surface area contributed by atoms with Crippen LogP contribution in [0.15, 0.2) is 11.6 Å². The van der Waals surface area contributed by atoms with Crippen molar-refractivity contribution in [3.8, 4) is 0 Å². The van der Waals surface area contributed by atoms with Crippen molar-refractivity contribution >= 4 is 5.78 Å². The minimum atomic E-state index is -0.122. The average Bonchev–Trinajstić information content (AvgIpc) is 3.06. The first-order chi connectivity index (χ1) is 13.9. The highest BCUT2D eigenvalue weighted by Crippen LogP contribution is 2.66. The number of likely N-dealkylation sites (tertiary alicyclic amines) is 1. The van der Waals surface area contributed by atoms with Crippen molar-refractivity contribution in [3.05, 3.63) is 11.6 Å². The summed E-state index contributed by atoms with van der Waals surface area (Å²) in [5, 5.41) is 10.2. The summed E-state index contributed by atoms with van der Waals surface area (Å²) in [5.41, 5.74) is 2.08. The Balaban J connectivity index is 1.33. The zero-order chi connectivity index (χ0) is 20.2. The Labute approximate surface area is 177 Å². The molecule has 4 aliphatic carbocycles. The fourth-order valence-electron chi connectivity index (χ4n) is 8.62. The Morgan fingerprint density at radius 3 is 2.66 bits per heavy atom. The minimum Gasteiger partial charge on any atom is -0.393 e. The molecule has 0 unspecified atom stereocenters. The molecule has 3 heteroatoms. The molecule has 0 aromatic carbocycles. The molecule has 3 nitrogen and oxygen atoms in total. The van der Waals surface area contributed by atoms with Crippen LogP contribution < -0.4 is 0 Å². The molecule has 0 amide bonds. The number of aliphatic hydroxyl groups is 1. The maximum Gasteiger partial charge on any atom is 0.150 e. The highest BCUT2D eigenvalue weighted by atomic mass is 16.3. The Kier molecular flexibility index (Phi) is 5.22. The Morgan fingerprint density at radius 2 is 1.86 bits per heavy atom. The lowest BCUT2D eigenvalue weighted by Crippen LogP contribution is -2.51. The zero-order valence-corrected chi connectivity index (χ0v) is 18.7. The van der Waals surface area contributed by atoms with E-state index in [1.54, 1.807) is 5.57 Å².